The first-order valence-corrected chi connectivity index (χ1v) is 12.1. The van der Waals surface area contributed by atoms with E-state index in [1.54, 1.807) is 43.4 Å². The third-order valence-corrected chi connectivity index (χ3v) is 7.18. The molecule has 0 radical (unpaired) electrons. The zero-order valence-corrected chi connectivity index (χ0v) is 19.4. The molecule has 0 unspecified atom stereocenters. The largest absolute Gasteiger partial charge is 0.486 e. The molecule has 3 aromatic carbocycles. The predicted octanol–water partition coefficient (Wildman–Crippen LogP) is 3.62. The number of aryl methyl sites for hydroxylation is 1. The summed E-state index contributed by atoms with van der Waals surface area (Å²) in [7, 11) is -2.33. The van der Waals surface area contributed by atoms with Crippen LogP contribution in [0.15, 0.2) is 77.7 Å². The van der Waals surface area contributed by atoms with Crippen molar-refractivity contribution in [2.24, 2.45) is 0 Å². The van der Waals surface area contributed by atoms with Gasteiger partial charge in [0.2, 0.25) is 5.91 Å². The minimum absolute atomic E-state index is 0.105. The second-order valence-corrected chi connectivity index (χ2v) is 9.75. The van der Waals surface area contributed by atoms with Gasteiger partial charge in [0.25, 0.3) is 10.0 Å². The third-order valence-electron chi connectivity index (χ3n) is 5.39. The average molecular weight is 467 g/mol. The Kier molecular flexibility index (Phi) is 6.55. The highest BCUT2D eigenvalue weighted by Crippen LogP contribution is 2.35. The Morgan fingerprint density at radius 2 is 1.58 bits per heavy atom. The molecule has 0 atom stereocenters. The Bertz CT molecular complexity index is 1230. The van der Waals surface area contributed by atoms with Crippen LogP contribution in [0.3, 0.4) is 0 Å². The molecule has 0 fully saturated rings. The van der Waals surface area contributed by atoms with E-state index < -0.39 is 10.0 Å². The van der Waals surface area contributed by atoms with E-state index in [0.717, 1.165) is 15.4 Å². The maximum Gasteiger partial charge on any atom is 0.264 e. The molecular weight excluding hydrogens is 440 g/mol. The smallest absolute Gasteiger partial charge is 0.264 e. The minimum Gasteiger partial charge on any atom is -0.486 e. The van der Waals surface area contributed by atoms with Gasteiger partial charge in [-0.05, 0) is 36.8 Å². The third kappa shape index (κ3) is 5.12. The van der Waals surface area contributed by atoms with E-state index in [0.29, 0.717) is 36.9 Å². The molecule has 8 heteroatoms. The number of carbonyl (C=O) groups excluding carboxylic acids is 1. The first-order valence-electron chi connectivity index (χ1n) is 10.6. The lowest BCUT2D eigenvalue weighted by Crippen LogP contribution is -2.41. The van der Waals surface area contributed by atoms with E-state index in [-0.39, 0.29) is 17.3 Å². The fourth-order valence-corrected chi connectivity index (χ4v) is 4.95. The lowest BCUT2D eigenvalue weighted by molar-refractivity contribution is -0.128. The summed E-state index contributed by atoms with van der Waals surface area (Å²) in [6.45, 7) is 2.83. The SMILES string of the molecule is Cc1ccc(CN(C)C(=O)CN(c2ccc3c(c2)OCCO3)S(=O)(=O)c2ccccc2)cc1. The van der Waals surface area contributed by atoms with Crippen molar-refractivity contribution in [3.05, 3.63) is 83.9 Å². The summed E-state index contributed by atoms with van der Waals surface area (Å²) in [6, 6.07) is 20.8. The topological polar surface area (TPSA) is 76.2 Å². The number of amides is 1. The molecule has 172 valence electrons. The van der Waals surface area contributed by atoms with Gasteiger partial charge in [0, 0.05) is 19.7 Å². The molecule has 0 N–H and O–H groups in total. The summed E-state index contributed by atoms with van der Waals surface area (Å²) in [5, 5.41) is 0. The molecular formula is C25H26N2O5S. The monoisotopic (exact) mass is 466 g/mol. The van der Waals surface area contributed by atoms with Crippen molar-refractivity contribution in [2.45, 2.75) is 18.4 Å². The quantitative estimate of drug-likeness (QED) is 0.532. The van der Waals surface area contributed by atoms with Gasteiger partial charge >= 0.3 is 0 Å². The van der Waals surface area contributed by atoms with Crippen LogP contribution in [0.2, 0.25) is 0 Å². The molecule has 3 aromatic rings. The van der Waals surface area contributed by atoms with Gasteiger partial charge in [-0.2, -0.15) is 0 Å². The number of rotatable bonds is 7. The predicted molar refractivity (Wildman–Crippen MR) is 126 cm³/mol. The Labute approximate surface area is 194 Å². The Morgan fingerprint density at radius 1 is 0.909 bits per heavy atom. The standard InChI is InChI=1S/C25H26N2O5S/c1-19-8-10-20(11-9-19)17-26(2)25(28)18-27(33(29,30)22-6-4-3-5-7-22)21-12-13-23-24(16-21)32-15-14-31-23/h3-13,16H,14-15,17-18H2,1-2H3. The molecule has 0 saturated heterocycles. The molecule has 4 rings (SSSR count). The number of nitrogens with zero attached hydrogens (tertiary/aromatic N) is 2. The number of carbonyl (C=O) groups is 1. The Hall–Kier alpha value is -3.52. The highest BCUT2D eigenvalue weighted by atomic mass is 32.2. The van der Waals surface area contributed by atoms with Crippen LogP contribution in [0.1, 0.15) is 11.1 Å². The van der Waals surface area contributed by atoms with E-state index in [1.807, 2.05) is 31.2 Å². The van der Waals surface area contributed by atoms with Crippen LogP contribution in [-0.2, 0) is 21.4 Å². The molecule has 0 bridgehead atoms. The van der Waals surface area contributed by atoms with Gasteiger partial charge in [-0.1, -0.05) is 48.0 Å². The van der Waals surface area contributed by atoms with Crippen LogP contribution in [0.4, 0.5) is 5.69 Å². The second kappa shape index (κ2) is 9.54. The molecule has 0 aromatic heterocycles. The van der Waals surface area contributed by atoms with Crippen molar-refractivity contribution in [1.82, 2.24) is 4.90 Å². The molecule has 7 nitrogen and oxygen atoms in total. The average Bonchev–Trinajstić information content (AvgIpc) is 2.84. The first kappa shape index (κ1) is 22.7. The summed E-state index contributed by atoms with van der Waals surface area (Å²) in [4.78, 5) is 14.8. The maximum absolute atomic E-state index is 13.5. The summed E-state index contributed by atoms with van der Waals surface area (Å²) in [6.07, 6.45) is 0. The number of fused-ring (bicyclic) bond motifs is 1. The van der Waals surface area contributed by atoms with Crippen LogP contribution in [-0.4, -0.2) is 46.0 Å². The van der Waals surface area contributed by atoms with Crippen molar-refractivity contribution in [2.75, 3.05) is 31.1 Å². The van der Waals surface area contributed by atoms with E-state index >= 15 is 0 Å². The van der Waals surface area contributed by atoms with Crippen molar-refractivity contribution < 1.29 is 22.7 Å². The highest BCUT2D eigenvalue weighted by molar-refractivity contribution is 7.92. The molecule has 0 aliphatic carbocycles. The van der Waals surface area contributed by atoms with Gasteiger partial charge in [-0.3, -0.25) is 9.10 Å². The van der Waals surface area contributed by atoms with E-state index in [4.69, 9.17) is 9.47 Å². The number of likely N-dealkylation sites (N-methyl/N-ethyl adjacent to an activating group) is 1. The molecule has 0 saturated carbocycles. The normalized spacial score (nSPS) is 12.8. The number of sulfonamides is 1. The summed E-state index contributed by atoms with van der Waals surface area (Å²) >= 11 is 0. The number of hydrogen-bond donors (Lipinski definition) is 0. The molecule has 1 aliphatic heterocycles. The van der Waals surface area contributed by atoms with Crippen LogP contribution in [0.5, 0.6) is 11.5 Å². The summed E-state index contributed by atoms with van der Waals surface area (Å²) < 4.78 is 39.4. The number of ether oxygens (including phenoxy) is 2. The van der Waals surface area contributed by atoms with Gasteiger partial charge in [-0.15, -0.1) is 0 Å². The molecule has 1 amide bonds. The highest BCUT2D eigenvalue weighted by Gasteiger charge is 2.29. The zero-order chi connectivity index (χ0) is 23.4. The van der Waals surface area contributed by atoms with Crippen molar-refractivity contribution in [3.8, 4) is 11.5 Å². The molecule has 33 heavy (non-hydrogen) atoms. The first-order chi connectivity index (χ1) is 15.8. The molecule has 1 heterocycles. The number of benzene rings is 3. The van der Waals surface area contributed by atoms with Crippen molar-refractivity contribution in [3.63, 3.8) is 0 Å². The van der Waals surface area contributed by atoms with E-state index in [2.05, 4.69) is 0 Å². The van der Waals surface area contributed by atoms with Gasteiger partial charge in [0.15, 0.2) is 11.5 Å². The van der Waals surface area contributed by atoms with Gasteiger partial charge < -0.3 is 14.4 Å². The van der Waals surface area contributed by atoms with Crippen molar-refractivity contribution in [1.29, 1.82) is 0 Å². The zero-order valence-electron chi connectivity index (χ0n) is 18.6. The summed E-state index contributed by atoms with van der Waals surface area (Å²) in [5.74, 6) is 0.669. The van der Waals surface area contributed by atoms with Gasteiger partial charge in [0.1, 0.15) is 19.8 Å². The lowest BCUT2D eigenvalue weighted by Gasteiger charge is -2.28. The fraction of sp³-hybridized carbons (Fsp3) is 0.240. The van der Waals surface area contributed by atoms with Crippen LogP contribution in [0.25, 0.3) is 0 Å². The van der Waals surface area contributed by atoms with Gasteiger partial charge in [0.05, 0.1) is 10.6 Å². The lowest BCUT2D eigenvalue weighted by atomic mass is 10.1. The van der Waals surface area contributed by atoms with E-state index in [9.17, 15) is 13.2 Å². The summed E-state index contributed by atoms with van der Waals surface area (Å²) in [5.41, 5.74) is 2.43. The minimum atomic E-state index is -4.00. The maximum atomic E-state index is 13.5. The molecule has 0 spiro atoms. The van der Waals surface area contributed by atoms with Crippen LogP contribution in [0, 0.1) is 6.92 Å². The second-order valence-electron chi connectivity index (χ2n) is 7.89. The molecule has 1 aliphatic rings. The van der Waals surface area contributed by atoms with Crippen molar-refractivity contribution >= 4 is 21.6 Å². The van der Waals surface area contributed by atoms with E-state index in [1.165, 1.54) is 17.0 Å². The fourth-order valence-electron chi connectivity index (χ4n) is 3.52. The number of hydrogen-bond acceptors (Lipinski definition) is 5. The Morgan fingerprint density at radius 3 is 2.27 bits per heavy atom. The Balaban J connectivity index is 1.64. The van der Waals surface area contributed by atoms with Crippen LogP contribution >= 0.6 is 0 Å². The van der Waals surface area contributed by atoms with Gasteiger partial charge in [-0.25, -0.2) is 8.42 Å². The van der Waals surface area contributed by atoms with Crippen LogP contribution < -0.4 is 13.8 Å². The number of anilines is 1.